The maximum Gasteiger partial charge on any atom is 0.392 e. The lowest BCUT2D eigenvalue weighted by Gasteiger charge is -2.44. The molecule has 1 saturated heterocycles. The van der Waals surface area contributed by atoms with Crippen LogP contribution in [0.2, 0.25) is 0 Å². The van der Waals surface area contributed by atoms with Crippen molar-refractivity contribution >= 4 is 6.03 Å². The molecule has 1 heterocycles. The average molecular weight is 328 g/mol. The van der Waals surface area contributed by atoms with Gasteiger partial charge in [-0.3, -0.25) is 0 Å². The first-order valence-electron chi connectivity index (χ1n) is 7.83. The zero-order valence-electron chi connectivity index (χ0n) is 13.5. The molecule has 6 heteroatoms. The molecule has 0 aromatic heterocycles. The highest BCUT2D eigenvalue weighted by Gasteiger charge is 2.51. The first kappa shape index (κ1) is 17.6. The second-order valence-corrected chi connectivity index (χ2v) is 6.76. The van der Waals surface area contributed by atoms with Gasteiger partial charge in [0.15, 0.2) is 0 Å². The first-order chi connectivity index (χ1) is 10.7. The molecule has 1 aliphatic rings. The van der Waals surface area contributed by atoms with Crippen molar-refractivity contribution in [3.8, 4) is 0 Å². The van der Waals surface area contributed by atoms with Gasteiger partial charge in [0.25, 0.3) is 0 Å². The molecule has 3 nitrogen and oxygen atoms in total. The fourth-order valence-electron chi connectivity index (χ4n) is 3.21. The summed E-state index contributed by atoms with van der Waals surface area (Å²) in [4.78, 5) is 13.7. The van der Waals surface area contributed by atoms with Crippen molar-refractivity contribution in [2.24, 2.45) is 11.3 Å². The van der Waals surface area contributed by atoms with Crippen LogP contribution in [-0.4, -0.2) is 36.7 Å². The SMILES string of the molecule is CC1(C)CN(C(=O)NCCc2ccccc2)CC[C@H]1C(F)(F)F. The largest absolute Gasteiger partial charge is 0.392 e. The number of amides is 2. The Hall–Kier alpha value is -1.72. The maximum atomic E-state index is 13.0. The summed E-state index contributed by atoms with van der Waals surface area (Å²) in [6, 6.07) is 9.46. The standard InChI is InChI=1S/C17H23F3N2O/c1-16(2)12-22(11-9-14(16)17(18,19)20)15(23)21-10-8-13-6-4-3-5-7-13/h3-7,14H,8-12H2,1-2H3,(H,21,23)/t14-/m1/s1. The summed E-state index contributed by atoms with van der Waals surface area (Å²) >= 11 is 0. The molecule has 1 atom stereocenters. The molecule has 0 bridgehead atoms. The number of carbonyl (C=O) groups is 1. The average Bonchev–Trinajstić information content (AvgIpc) is 2.45. The molecule has 1 N–H and O–H groups in total. The van der Waals surface area contributed by atoms with Crippen LogP contribution in [0.5, 0.6) is 0 Å². The monoisotopic (exact) mass is 328 g/mol. The molecule has 0 radical (unpaired) electrons. The van der Waals surface area contributed by atoms with E-state index in [0.717, 1.165) is 5.56 Å². The van der Waals surface area contributed by atoms with Crippen LogP contribution >= 0.6 is 0 Å². The normalized spacial score (nSPS) is 21.1. The van der Waals surface area contributed by atoms with E-state index in [1.807, 2.05) is 30.3 Å². The van der Waals surface area contributed by atoms with Gasteiger partial charge in [-0.15, -0.1) is 0 Å². The molecule has 2 amide bonds. The number of piperidine rings is 1. The number of benzene rings is 1. The summed E-state index contributed by atoms with van der Waals surface area (Å²) in [6.45, 7) is 3.89. The summed E-state index contributed by atoms with van der Waals surface area (Å²) in [5.41, 5.74) is 0.150. The minimum absolute atomic E-state index is 0.0391. The maximum absolute atomic E-state index is 13.0. The van der Waals surface area contributed by atoms with E-state index in [-0.39, 0.29) is 25.5 Å². The fourth-order valence-corrected chi connectivity index (χ4v) is 3.21. The fraction of sp³-hybridized carbons (Fsp3) is 0.588. The van der Waals surface area contributed by atoms with Crippen LogP contribution < -0.4 is 5.32 Å². The molecule has 23 heavy (non-hydrogen) atoms. The minimum Gasteiger partial charge on any atom is -0.338 e. The molecule has 1 aromatic rings. The van der Waals surface area contributed by atoms with E-state index >= 15 is 0 Å². The van der Waals surface area contributed by atoms with Crippen molar-refractivity contribution in [2.45, 2.75) is 32.9 Å². The third kappa shape index (κ3) is 4.62. The van der Waals surface area contributed by atoms with Crippen molar-refractivity contribution in [3.63, 3.8) is 0 Å². The second-order valence-electron chi connectivity index (χ2n) is 6.76. The molecular weight excluding hydrogens is 305 g/mol. The third-order valence-corrected chi connectivity index (χ3v) is 4.44. The Labute approximate surface area is 134 Å². The number of nitrogens with zero attached hydrogens (tertiary/aromatic N) is 1. The lowest BCUT2D eigenvalue weighted by atomic mass is 9.73. The van der Waals surface area contributed by atoms with Crippen LogP contribution in [0, 0.1) is 11.3 Å². The Balaban J connectivity index is 1.85. The number of alkyl halides is 3. The number of hydrogen-bond acceptors (Lipinski definition) is 1. The van der Waals surface area contributed by atoms with Crippen molar-refractivity contribution < 1.29 is 18.0 Å². The smallest absolute Gasteiger partial charge is 0.338 e. The lowest BCUT2D eigenvalue weighted by Crippen LogP contribution is -2.54. The van der Waals surface area contributed by atoms with E-state index in [1.54, 1.807) is 13.8 Å². The minimum atomic E-state index is -4.21. The number of likely N-dealkylation sites (tertiary alicyclic amines) is 1. The predicted molar refractivity (Wildman–Crippen MR) is 83.1 cm³/mol. The Morgan fingerprint density at radius 3 is 2.52 bits per heavy atom. The Kier molecular flexibility index (Phi) is 5.22. The molecular formula is C17H23F3N2O. The molecule has 2 rings (SSSR count). The van der Waals surface area contributed by atoms with Gasteiger partial charge >= 0.3 is 12.2 Å². The van der Waals surface area contributed by atoms with Gasteiger partial charge in [-0.25, -0.2) is 4.79 Å². The number of halogens is 3. The second kappa shape index (κ2) is 6.81. The van der Waals surface area contributed by atoms with Crippen LogP contribution in [-0.2, 0) is 6.42 Å². The Morgan fingerprint density at radius 2 is 1.96 bits per heavy atom. The highest BCUT2D eigenvalue weighted by Crippen LogP contribution is 2.44. The summed E-state index contributed by atoms with van der Waals surface area (Å²) in [6.07, 6.45) is -3.54. The van der Waals surface area contributed by atoms with E-state index in [4.69, 9.17) is 0 Å². The molecule has 0 unspecified atom stereocenters. The highest BCUT2D eigenvalue weighted by atomic mass is 19.4. The Morgan fingerprint density at radius 1 is 1.30 bits per heavy atom. The van der Waals surface area contributed by atoms with Gasteiger partial charge in [-0.1, -0.05) is 44.2 Å². The van der Waals surface area contributed by atoms with Crippen molar-refractivity contribution in [2.75, 3.05) is 19.6 Å². The molecule has 0 saturated carbocycles. The number of hydrogen-bond donors (Lipinski definition) is 1. The van der Waals surface area contributed by atoms with Gasteiger partial charge in [0.05, 0.1) is 5.92 Å². The predicted octanol–water partition coefficient (Wildman–Crippen LogP) is 3.85. The first-order valence-corrected chi connectivity index (χ1v) is 7.83. The summed E-state index contributed by atoms with van der Waals surface area (Å²) in [5.74, 6) is -1.36. The molecule has 0 spiro atoms. The van der Waals surface area contributed by atoms with Gasteiger partial charge < -0.3 is 10.2 Å². The molecule has 128 valence electrons. The molecule has 0 aliphatic carbocycles. The third-order valence-electron chi connectivity index (χ3n) is 4.44. The van der Waals surface area contributed by atoms with E-state index < -0.39 is 17.5 Å². The van der Waals surface area contributed by atoms with Crippen molar-refractivity contribution in [3.05, 3.63) is 35.9 Å². The molecule has 1 aliphatic heterocycles. The number of urea groups is 1. The van der Waals surface area contributed by atoms with Crippen molar-refractivity contribution in [1.82, 2.24) is 10.2 Å². The highest BCUT2D eigenvalue weighted by molar-refractivity contribution is 5.74. The van der Waals surface area contributed by atoms with E-state index in [9.17, 15) is 18.0 Å². The summed E-state index contributed by atoms with van der Waals surface area (Å²) in [5, 5.41) is 2.80. The van der Waals surface area contributed by atoms with Crippen LogP contribution in [0.25, 0.3) is 0 Å². The molecule has 1 aromatic carbocycles. The van der Waals surface area contributed by atoms with Crippen LogP contribution in [0.4, 0.5) is 18.0 Å². The van der Waals surface area contributed by atoms with E-state index in [2.05, 4.69) is 5.32 Å². The zero-order chi connectivity index (χ0) is 17.1. The quantitative estimate of drug-likeness (QED) is 0.898. The lowest BCUT2D eigenvalue weighted by molar-refractivity contribution is -0.214. The Bertz CT molecular complexity index is 528. The van der Waals surface area contributed by atoms with Gasteiger partial charge in [-0.2, -0.15) is 13.2 Å². The topological polar surface area (TPSA) is 32.3 Å². The number of nitrogens with one attached hydrogen (secondary N) is 1. The van der Waals surface area contributed by atoms with Crippen LogP contribution in [0.1, 0.15) is 25.8 Å². The van der Waals surface area contributed by atoms with E-state index in [1.165, 1.54) is 4.90 Å². The molecule has 1 fully saturated rings. The number of rotatable bonds is 3. The zero-order valence-corrected chi connectivity index (χ0v) is 13.5. The van der Waals surface area contributed by atoms with Gasteiger partial charge in [-0.05, 0) is 23.8 Å². The van der Waals surface area contributed by atoms with Gasteiger partial charge in [0.1, 0.15) is 0 Å². The summed E-state index contributed by atoms with van der Waals surface area (Å²) < 4.78 is 39.1. The van der Waals surface area contributed by atoms with E-state index in [0.29, 0.717) is 13.0 Å². The number of carbonyl (C=O) groups excluding carboxylic acids is 1. The summed E-state index contributed by atoms with van der Waals surface area (Å²) in [7, 11) is 0. The van der Waals surface area contributed by atoms with Crippen molar-refractivity contribution in [1.29, 1.82) is 0 Å². The van der Waals surface area contributed by atoms with Gasteiger partial charge in [0, 0.05) is 19.6 Å². The van der Waals surface area contributed by atoms with Crippen LogP contribution in [0.15, 0.2) is 30.3 Å². The van der Waals surface area contributed by atoms with Crippen LogP contribution in [0.3, 0.4) is 0 Å². The van der Waals surface area contributed by atoms with Gasteiger partial charge in [0.2, 0.25) is 0 Å².